The zero-order valence-electron chi connectivity index (χ0n) is 9.51. The minimum atomic E-state index is -0.0445. The van der Waals surface area contributed by atoms with Crippen LogP contribution in [0.3, 0.4) is 0 Å². The molecule has 0 saturated heterocycles. The van der Waals surface area contributed by atoms with Crippen LogP contribution in [0.15, 0.2) is 0 Å². The Bertz CT molecular complexity index is 190. The van der Waals surface area contributed by atoms with Crippen molar-refractivity contribution in [2.24, 2.45) is 0 Å². The third kappa shape index (κ3) is 4.40. The highest BCUT2D eigenvalue weighted by molar-refractivity contribution is 5.95. The molecule has 0 aromatic heterocycles. The van der Waals surface area contributed by atoms with E-state index >= 15 is 0 Å². The molecule has 2 amide bonds. The van der Waals surface area contributed by atoms with Gasteiger partial charge in [0.05, 0.1) is 0 Å². The minimum Gasteiger partial charge on any atom is -0.283 e. The lowest BCUT2D eigenvalue weighted by molar-refractivity contribution is -0.144. The summed E-state index contributed by atoms with van der Waals surface area (Å²) in [7, 11) is 0. The van der Waals surface area contributed by atoms with E-state index in [-0.39, 0.29) is 11.8 Å². The predicted octanol–water partition coefficient (Wildman–Crippen LogP) is 2.35. The van der Waals surface area contributed by atoms with Gasteiger partial charge in [-0.1, -0.05) is 27.2 Å². The lowest BCUT2D eigenvalue weighted by atomic mass is 10.2. The molecule has 0 spiro atoms. The molecule has 0 saturated carbocycles. The van der Waals surface area contributed by atoms with Crippen LogP contribution in [0, 0.1) is 0 Å². The molecule has 0 aliphatic heterocycles. The Labute approximate surface area is 86.5 Å². The molecule has 0 atom stereocenters. The van der Waals surface area contributed by atoms with Gasteiger partial charge in [0.15, 0.2) is 0 Å². The van der Waals surface area contributed by atoms with E-state index in [0.717, 1.165) is 19.3 Å². The predicted molar refractivity (Wildman–Crippen MR) is 56.8 cm³/mol. The molecule has 0 radical (unpaired) electrons. The van der Waals surface area contributed by atoms with E-state index in [9.17, 15) is 9.59 Å². The number of carbonyl (C=O) groups excluding carboxylic acids is 2. The molecule has 0 aliphatic carbocycles. The largest absolute Gasteiger partial charge is 0.283 e. The van der Waals surface area contributed by atoms with Gasteiger partial charge in [0.1, 0.15) is 0 Å². The van der Waals surface area contributed by atoms with Crippen LogP contribution in [0.4, 0.5) is 0 Å². The molecule has 0 heterocycles. The number of hydrogen-bond acceptors (Lipinski definition) is 2. The lowest BCUT2D eigenvalue weighted by Crippen LogP contribution is -2.37. The van der Waals surface area contributed by atoms with Crippen molar-refractivity contribution in [2.75, 3.05) is 6.54 Å². The van der Waals surface area contributed by atoms with E-state index in [0.29, 0.717) is 19.4 Å². The van der Waals surface area contributed by atoms with Crippen LogP contribution < -0.4 is 0 Å². The number of rotatable bonds is 6. The molecule has 0 fully saturated rings. The van der Waals surface area contributed by atoms with Crippen LogP contribution in [-0.4, -0.2) is 23.3 Å². The lowest BCUT2D eigenvalue weighted by Gasteiger charge is -2.19. The molecule has 0 aliphatic rings. The van der Waals surface area contributed by atoms with Crippen molar-refractivity contribution in [3.63, 3.8) is 0 Å². The van der Waals surface area contributed by atoms with Crippen LogP contribution in [0.5, 0.6) is 0 Å². The van der Waals surface area contributed by atoms with Gasteiger partial charge in [0.2, 0.25) is 11.8 Å². The molecule has 0 unspecified atom stereocenters. The highest BCUT2D eigenvalue weighted by atomic mass is 16.2. The Morgan fingerprint density at radius 3 is 2.07 bits per heavy atom. The highest BCUT2D eigenvalue weighted by Gasteiger charge is 2.17. The van der Waals surface area contributed by atoms with E-state index in [1.165, 1.54) is 4.90 Å². The van der Waals surface area contributed by atoms with Gasteiger partial charge < -0.3 is 0 Å². The third-order valence-corrected chi connectivity index (χ3v) is 2.10. The summed E-state index contributed by atoms with van der Waals surface area (Å²) in [4.78, 5) is 24.4. The monoisotopic (exact) mass is 199 g/mol. The van der Waals surface area contributed by atoms with Gasteiger partial charge in [-0.15, -0.1) is 0 Å². The highest BCUT2D eigenvalue weighted by Crippen LogP contribution is 2.03. The van der Waals surface area contributed by atoms with Crippen molar-refractivity contribution in [3.8, 4) is 0 Å². The van der Waals surface area contributed by atoms with Crippen LogP contribution in [0.2, 0.25) is 0 Å². The topological polar surface area (TPSA) is 37.4 Å². The number of unbranched alkanes of at least 4 members (excludes halogenated alkanes) is 1. The molecular weight excluding hydrogens is 178 g/mol. The van der Waals surface area contributed by atoms with Crippen LogP contribution in [-0.2, 0) is 9.59 Å². The average Bonchev–Trinajstić information content (AvgIpc) is 2.18. The van der Waals surface area contributed by atoms with Crippen molar-refractivity contribution in [3.05, 3.63) is 0 Å². The SMILES string of the molecule is CCCCN(C(=O)CC)C(=O)CCC. The summed E-state index contributed by atoms with van der Waals surface area (Å²) in [5.41, 5.74) is 0. The summed E-state index contributed by atoms with van der Waals surface area (Å²) in [5, 5.41) is 0. The van der Waals surface area contributed by atoms with E-state index in [1.54, 1.807) is 6.92 Å². The van der Waals surface area contributed by atoms with Gasteiger partial charge in [-0.2, -0.15) is 0 Å². The van der Waals surface area contributed by atoms with E-state index < -0.39 is 0 Å². The summed E-state index contributed by atoms with van der Waals surface area (Å²) in [6.07, 6.45) is 3.61. The Morgan fingerprint density at radius 2 is 1.64 bits per heavy atom. The number of amides is 2. The van der Waals surface area contributed by atoms with E-state index in [2.05, 4.69) is 6.92 Å². The standard InChI is InChI=1S/C11H21NO2/c1-4-7-9-12(10(13)6-3)11(14)8-5-2/h4-9H2,1-3H3. The normalized spacial score (nSPS) is 9.93. The summed E-state index contributed by atoms with van der Waals surface area (Å²) in [5.74, 6) is -0.0651. The maximum absolute atomic E-state index is 11.6. The molecule has 82 valence electrons. The number of nitrogens with zero attached hydrogens (tertiary/aromatic N) is 1. The van der Waals surface area contributed by atoms with Crippen LogP contribution in [0.25, 0.3) is 0 Å². The first kappa shape index (κ1) is 13.1. The molecule has 0 rings (SSSR count). The van der Waals surface area contributed by atoms with Crippen LogP contribution in [0.1, 0.15) is 52.9 Å². The van der Waals surface area contributed by atoms with E-state index in [1.807, 2.05) is 6.92 Å². The van der Waals surface area contributed by atoms with Gasteiger partial charge >= 0.3 is 0 Å². The molecular formula is C11H21NO2. The first-order valence-electron chi connectivity index (χ1n) is 5.50. The fourth-order valence-corrected chi connectivity index (χ4v) is 1.24. The second-order valence-electron chi connectivity index (χ2n) is 3.40. The fourth-order valence-electron chi connectivity index (χ4n) is 1.24. The summed E-state index contributed by atoms with van der Waals surface area (Å²) in [6, 6.07) is 0. The Morgan fingerprint density at radius 1 is 1.00 bits per heavy atom. The molecule has 14 heavy (non-hydrogen) atoms. The van der Waals surface area contributed by atoms with Gasteiger partial charge in [-0.25, -0.2) is 0 Å². The minimum absolute atomic E-state index is 0.0206. The third-order valence-electron chi connectivity index (χ3n) is 2.10. The molecule has 0 aromatic rings. The quantitative estimate of drug-likeness (QED) is 0.658. The fraction of sp³-hybridized carbons (Fsp3) is 0.818. The number of hydrogen-bond donors (Lipinski definition) is 0. The van der Waals surface area contributed by atoms with Gasteiger partial charge in [0.25, 0.3) is 0 Å². The second-order valence-corrected chi connectivity index (χ2v) is 3.40. The van der Waals surface area contributed by atoms with Crippen LogP contribution >= 0.6 is 0 Å². The number of imide groups is 1. The summed E-state index contributed by atoms with van der Waals surface area (Å²) in [6.45, 7) is 6.38. The summed E-state index contributed by atoms with van der Waals surface area (Å²) >= 11 is 0. The van der Waals surface area contributed by atoms with Gasteiger partial charge in [0, 0.05) is 19.4 Å². The zero-order chi connectivity index (χ0) is 11.0. The van der Waals surface area contributed by atoms with Crippen molar-refractivity contribution < 1.29 is 9.59 Å². The molecule has 0 bridgehead atoms. The number of carbonyl (C=O) groups is 2. The smallest absolute Gasteiger partial charge is 0.229 e. The second kappa shape index (κ2) is 7.54. The Hall–Kier alpha value is -0.860. The van der Waals surface area contributed by atoms with E-state index in [4.69, 9.17) is 0 Å². The van der Waals surface area contributed by atoms with Gasteiger partial charge in [-0.05, 0) is 12.8 Å². The van der Waals surface area contributed by atoms with Crippen molar-refractivity contribution in [1.82, 2.24) is 4.90 Å². The maximum Gasteiger partial charge on any atom is 0.229 e. The van der Waals surface area contributed by atoms with Crippen molar-refractivity contribution in [2.45, 2.75) is 52.9 Å². The first-order chi connectivity index (χ1) is 6.67. The van der Waals surface area contributed by atoms with Crippen molar-refractivity contribution >= 4 is 11.8 Å². The zero-order valence-corrected chi connectivity index (χ0v) is 9.51. The molecule has 0 aromatic carbocycles. The molecule has 3 nitrogen and oxygen atoms in total. The molecule has 0 N–H and O–H groups in total. The first-order valence-corrected chi connectivity index (χ1v) is 5.50. The average molecular weight is 199 g/mol. The summed E-state index contributed by atoms with van der Waals surface area (Å²) < 4.78 is 0. The molecule has 3 heteroatoms. The Kier molecular flexibility index (Phi) is 7.07. The van der Waals surface area contributed by atoms with Crippen molar-refractivity contribution in [1.29, 1.82) is 0 Å². The maximum atomic E-state index is 11.6. The Balaban J connectivity index is 4.22. The van der Waals surface area contributed by atoms with Gasteiger partial charge in [-0.3, -0.25) is 14.5 Å².